The third kappa shape index (κ3) is 3.76. The summed E-state index contributed by atoms with van der Waals surface area (Å²) in [6, 6.07) is 5.89. The van der Waals surface area contributed by atoms with Crippen molar-refractivity contribution in [3.8, 4) is 11.6 Å². The highest BCUT2D eigenvalue weighted by Gasteiger charge is 2.34. The molecule has 0 N–H and O–H groups in total. The van der Waals surface area contributed by atoms with E-state index in [0.29, 0.717) is 0 Å². The third-order valence-corrected chi connectivity index (χ3v) is 3.02. The van der Waals surface area contributed by atoms with Gasteiger partial charge < -0.3 is 4.74 Å². The fourth-order valence-electron chi connectivity index (χ4n) is 1.49. The molecule has 0 unspecified atom stereocenters. The standard InChI is InChI=1S/C13H5Cl2F3N2O2/c14-9-5-7(19-6-21)1-3-10(9)22-11-4-2-8(12(15)20-11)13(16,17)18/h1-5H. The van der Waals surface area contributed by atoms with Gasteiger partial charge in [0.25, 0.3) is 0 Å². The number of hydrogen-bond donors (Lipinski definition) is 0. The van der Waals surface area contributed by atoms with Crippen molar-refractivity contribution in [1.82, 2.24) is 4.98 Å². The van der Waals surface area contributed by atoms with Gasteiger partial charge in [0.05, 0.1) is 16.3 Å². The number of pyridine rings is 1. The van der Waals surface area contributed by atoms with Gasteiger partial charge in [0.2, 0.25) is 12.0 Å². The monoisotopic (exact) mass is 348 g/mol. The molecular formula is C13H5Cl2F3N2O2. The van der Waals surface area contributed by atoms with Gasteiger partial charge in [-0.15, -0.1) is 0 Å². The molecule has 0 radical (unpaired) electrons. The van der Waals surface area contributed by atoms with Gasteiger partial charge in [-0.25, -0.2) is 9.78 Å². The minimum absolute atomic E-state index is 0.0920. The van der Waals surface area contributed by atoms with Gasteiger partial charge in [-0.3, -0.25) is 0 Å². The third-order valence-electron chi connectivity index (χ3n) is 2.43. The van der Waals surface area contributed by atoms with Crippen molar-refractivity contribution in [2.75, 3.05) is 0 Å². The summed E-state index contributed by atoms with van der Waals surface area (Å²) in [5.41, 5.74) is -0.811. The highest BCUT2D eigenvalue weighted by atomic mass is 35.5. The number of benzene rings is 1. The molecule has 4 nitrogen and oxygen atoms in total. The molecule has 0 aliphatic rings. The van der Waals surface area contributed by atoms with Crippen LogP contribution in [-0.2, 0) is 11.0 Å². The Balaban J connectivity index is 2.28. The van der Waals surface area contributed by atoms with E-state index in [-0.39, 0.29) is 22.3 Å². The number of aliphatic imine (C=N–C) groups is 1. The number of rotatable bonds is 3. The Morgan fingerprint density at radius 1 is 1.18 bits per heavy atom. The second-order valence-corrected chi connectivity index (χ2v) is 4.67. The second-order valence-electron chi connectivity index (χ2n) is 3.91. The van der Waals surface area contributed by atoms with E-state index in [1.807, 2.05) is 0 Å². The molecule has 2 aromatic rings. The lowest BCUT2D eigenvalue weighted by atomic mass is 10.3. The predicted octanol–water partition coefficient (Wildman–Crippen LogP) is 5.17. The summed E-state index contributed by atoms with van der Waals surface area (Å²) in [6.07, 6.45) is -3.26. The van der Waals surface area contributed by atoms with Crippen molar-refractivity contribution in [3.63, 3.8) is 0 Å². The Kier molecular flexibility index (Phi) is 4.71. The van der Waals surface area contributed by atoms with E-state index in [9.17, 15) is 18.0 Å². The number of carbonyl (C=O) groups excluding carboxylic acids is 1. The average Bonchev–Trinajstić information content (AvgIpc) is 2.41. The van der Waals surface area contributed by atoms with Gasteiger partial charge in [-0.05, 0) is 24.3 Å². The van der Waals surface area contributed by atoms with Gasteiger partial charge in [0.1, 0.15) is 10.9 Å². The first-order chi connectivity index (χ1) is 10.3. The Bertz CT molecular complexity index is 759. The first kappa shape index (κ1) is 16.3. The topological polar surface area (TPSA) is 51.5 Å². The smallest absolute Gasteiger partial charge is 0.419 e. The van der Waals surface area contributed by atoms with Gasteiger partial charge in [-0.1, -0.05) is 23.2 Å². The van der Waals surface area contributed by atoms with E-state index in [1.54, 1.807) is 0 Å². The van der Waals surface area contributed by atoms with Crippen LogP contribution < -0.4 is 4.74 Å². The summed E-state index contributed by atoms with van der Waals surface area (Å²) in [5.74, 6) is -0.0404. The molecule has 0 bridgehead atoms. The average molecular weight is 349 g/mol. The Labute approximate surface area is 132 Å². The molecule has 0 saturated heterocycles. The summed E-state index contributed by atoms with van der Waals surface area (Å²) < 4.78 is 42.9. The van der Waals surface area contributed by atoms with Crippen molar-refractivity contribution >= 4 is 35.0 Å². The van der Waals surface area contributed by atoms with Crippen LogP contribution in [0.15, 0.2) is 35.3 Å². The molecule has 0 spiro atoms. The largest absolute Gasteiger partial charge is 0.437 e. The Hall–Kier alpha value is -2.08. The first-order valence-corrected chi connectivity index (χ1v) is 6.36. The minimum Gasteiger partial charge on any atom is -0.437 e. The summed E-state index contributed by atoms with van der Waals surface area (Å²) in [4.78, 5) is 17.0. The lowest BCUT2D eigenvalue weighted by Gasteiger charge is -2.11. The molecule has 0 amide bonds. The van der Waals surface area contributed by atoms with Crippen LogP contribution in [0.5, 0.6) is 11.6 Å². The number of hydrogen-bond acceptors (Lipinski definition) is 4. The van der Waals surface area contributed by atoms with Crippen LogP contribution >= 0.6 is 23.2 Å². The first-order valence-electron chi connectivity index (χ1n) is 5.60. The summed E-state index contributed by atoms with van der Waals surface area (Å²) in [6.45, 7) is 0. The molecule has 0 atom stereocenters. The zero-order valence-corrected chi connectivity index (χ0v) is 12.0. The molecule has 0 aliphatic carbocycles. The Morgan fingerprint density at radius 3 is 2.45 bits per heavy atom. The van der Waals surface area contributed by atoms with Crippen molar-refractivity contribution in [3.05, 3.63) is 46.1 Å². The number of ether oxygens (including phenoxy) is 1. The fraction of sp³-hybridized carbons (Fsp3) is 0.0769. The zero-order valence-electron chi connectivity index (χ0n) is 10.5. The number of halogens is 5. The van der Waals surface area contributed by atoms with Gasteiger partial charge in [-0.2, -0.15) is 18.2 Å². The van der Waals surface area contributed by atoms with Crippen LogP contribution in [0, 0.1) is 0 Å². The highest BCUT2D eigenvalue weighted by molar-refractivity contribution is 6.32. The number of aromatic nitrogens is 1. The lowest BCUT2D eigenvalue weighted by molar-refractivity contribution is -0.137. The van der Waals surface area contributed by atoms with Crippen molar-refractivity contribution < 1.29 is 22.7 Å². The van der Waals surface area contributed by atoms with E-state index in [4.69, 9.17) is 27.9 Å². The van der Waals surface area contributed by atoms with Crippen molar-refractivity contribution in [2.45, 2.75) is 6.18 Å². The molecular weight excluding hydrogens is 344 g/mol. The molecule has 9 heteroatoms. The molecule has 1 heterocycles. The van der Waals surface area contributed by atoms with E-state index < -0.39 is 16.9 Å². The molecule has 0 saturated carbocycles. The molecule has 22 heavy (non-hydrogen) atoms. The maximum absolute atomic E-state index is 12.6. The molecule has 2 rings (SSSR count). The van der Waals surface area contributed by atoms with Crippen molar-refractivity contribution in [2.24, 2.45) is 4.99 Å². The van der Waals surface area contributed by atoms with Crippen LogP contribution in [0.1, 0.15) is 5.56 Å². The van der Waals surface area contributed by atoms with Crippen LogP contribution in [0.4, 0.5) is 18.9 Å². The van der Waals surface area contributed by atoms with E-state index >= 15 is 0 Å². The van der Waals surface area contributed by atoms with Crippen LogP contribution in [-0.4, -0.2) is 11.1 Å². The summed E-state index contributed by atoms with van der Waals surface area (Å²) >= 11 is 11.4. The summed E-state index contributed by atoms with van der Waals surface area (Å²) in [7, 11) is 0. The van der Waals surface area contributed by atoms with E-state index in [2.05, 4.69) is 9.98 Å². The van der Waals surface area contributed by atoms with Crippen molar-refractivity contribution in [1.29, 1.82) is 0 Å². The van der Waals surface area contributed by atoms with Crippen LogP contribution in [0.3, 0.4) is 0 Å². The quantitative estimate of drug-likeness (QED) is 0.437. The van der Waals surface area contributed by atoms with Gasteiger partial charge in [0.15, 0.2) is 0 Å². The zero-order chi connectivity index (χ0) is 16.3. The Morgan fingerprint density at radius 2 is 1.91 bits per heavy atom. The normalized spacial score (nSPS) is 11.0. The molecule has 1 aromatic carbocycles. The highest BCUT2D eigenvalue weighted by Crippen LogP contribution is 2.36. The number of isocyanates is 1. The maximum Gasteiger partial charge on any atom is 0.419 e. The van der Waals surface area contributed by atoms with Crippen LogP contribution in [0.2, 0.25) is 10.2 Å². The lowest BCUT2D eigenvalue weighted by Crippen LogP contribution is -2.07. The SMILES string of the molecule is O=C=Nc1ccc(Oc2ccc(C(F)(F)F)c(Cl)n2)c(Cl)c1. The molecule has 1 aromatic heterocycles. The number of alkyl halides is 3. The molecule has 114 valence electrons. The van der Waals surface area contributed by atoms with Gasteiger partial charge in [0, 0.05) is 6.07 Å². The van der Waals surface area contributed by atoms with E-state index in [1.165, 1.54) is 24.3 Å². The van der Waals surface area contributed by atoms with Gasteiger partial charge >= 0.3 is 6.18 Å². The second kappa shape index (κ2) is 6.36. The molecule has 0 fully saturated rings. The maximum atomic E-state index is 12.6. The van der Waals surface area contributed by atoms with Crippen LogP contribution in [0.25, 0.3) is 0 Å². The summed E-state index contributed by atoms with van der Waals surface area (Å²) in [5, 5.41) is -0.641. The fourth-order valence-corrected chi connectivity index (χ4v) is 1.96. The molecule has 0 aliphatic heterocycles. The predicted molar refractivity (Wildman–Crippen MR) is 73.6 cm³/mol. The van der Waals surface area contributed by atoms with E-state index in [0.717, 1.165) is 12.1 Å². The number of nitrogens with zero attached hydrogens (tertiary/aromatic N) is 2. The minimum atomic E-state index is -4.60.